The molecular formula is C15H19NO2. The molecule has 0 spiro atoms. The largest absolute Gasteiger partial charge is 0.407 e. The normalized spacial score (nSPS) is 10.4. The van der Waals surface area contributed by atoms with E-state index in [-0.39, 0.29) is 5.97 Å². The van der Waals surface area contributed by atoms with Crippen molar-refractivity contribution < 1.29 is 9.53 Å². The first kappa shape index (κ1) is 14.2. The third kappa shape index (κ3) is 4.21. The molecule has 0 aliphatic heterocycles. The molecule has 0 fully saturated rings. The molecule has 0 saturated heterocycles. The zero-order chi connectivity index (χ0) is 13.6. The second-order valence-corrected chi connectivity index (χ2v) is 4.77. The van der Waals surface area contributed by atoms with E-state index in [4.69, 9.17) is 4.74 Å². The fourth-order valence-electron chi connectivity index (χ4n) is 1.29. The van der Waals surface area contributed by atoms with Gasteiger partial charge in [-0.25, -0.2) is 4.98 Å². The lowest BCUT2D eigenvalue weighted by Gasteiger charge is -2.19. The van der Waals surface area contributed by atoms with Gasteiger partial charge < -0.3 is 4.74 Å². The van der Waals surface area contributed by atoms with Crippen molar-refractivity contribution in [1.82, 2.24) is 4.98 Å². The Morgan fingerprint density at radius 2 is 2.11 bits per heavy atom. The summed E-state index contributed by atoms with van der Waals surface area (Å²) in [5, 5.41) is 0. The van der Waals surface area contributed by atoms with Gasteiger partial charge >= 0.3 is 5.97 Å². The summed E-state index contributed by atoms with van der Waals surface area (Å²) in [6.45, 7) is 7.50. The van der Waals surface area contributed by atoms with Crippen LogP contribution in [0.1, 0.15) is 39.3 Å². The number of pyridine rings is 1. The molecule has 0 bridgehead atoms. The van der Waals surface area contributed by atoms with E-state index >= 15 is 0 Å². The van der Waals surface area contributed by atoms with Gasteiger partial charge in [-0.1, -0.05) is 13.0 Å². The third-order valence-corrected chi connectivity index (χ3v) is 2.44. The van der Waals surface area contributed by atoms with Crippen LogP contribution in [-0.4, -0.2) is 11.0 Å². The quantitative estimate of drug-likeness (QED) is 0.606. The number of aromatic nitrogens is 1. The minimum atomic E-state index is -0.617. The number of aryl methyl sites for hydroxylation is 1. The molecule has 0 saturated carbocycles. The van der Waals surface area contributed by atoms with Crippen molar-refractivity contribution in [2.45, 2.75) is 40.5 Å². The maximum absolute atomic E-state index is 12.0. The minimum absolute atomic E-state index is 0.300. The van der Waals surface area contributed by atoms with Crippen molar-refractivity contribution in [3.05, 3.63) is 23.9 Å². The van der Waals surface area contributed by atoms with E-state index in [2.05, 4.69) is 16.8 Å². The molecule has 96 valence electrons. The first-order valence-corrected chi connectivity index (χ1v) is 6.07. The summed E-state index contributed by atoms with van der Waals surface area (Å²) in [6, 6.07) is 5.35. The summed E-state index contributed by atoms with van der Waals surface area (Å²) in [5.74, 6) is 5.98. The van der Waals surface area contributed by atoms with Crippen LogP contribution in [0.2, 0.25) is 0 Å². The van der Waals surface area contributed by atoms with Crippen LogP contribution in [0.3, 0.4) is 0 Å². The second kappa shape index (κ2) is 6.20. The zero-order valence-electron chi connectivity index (χ0n) is 11.4. The molecule has 3 nitrogen and oxygen atoms in total. The summed E-state index contributed by atoms with van der Waals surface area (Å²) in [7, 11) is 0. The van der Waals surface area contributed by atoms with Gasteiger partial charge in [-0.2, -0.15) is 0 Å². The highest BCUT2D eigenvalue weighted by Gasteiger charge is 2.29. The first-order chi connectivity index (χ1) is 8.45. The van der Waals surface area contributed by atoms with Crippen LogP contribution in [0.4, 0.5) is 0 Å². The highest BCUT2D eigenvalue weighted by Crippen LogP contribution is 2.22. The fraction of sp³-hybridized carbons (Fsp3) is 0.467. The molecule has 0 radical (unpaired) electrons. The van der Waals surface area contributed by atoms with E-state index in [1.807, 2.05) is 39.8 Å². The fourth-order valence-corrected chi connectivity index (χ4v) is 1.29. The van der Waals surface area contributed by atoms with E-state index in [1.165, 1.54) is 0 Å². The molecule has 3 heteroatoms. The molecule has 1 aromatic rings. The van der Waals surface area contributed by atoms with Crippen LogP contribution in [0.25, 0.3) is 0 Å². The predicted octanol–water partition coefficient (Wildman–Crippen LogP) is 3.13. The van der Waals surface area contributed by atoms with Gasteiger partial charge in [0.1, 0.15) is 0 Å². The number of carbonyl (C=O) groups excluding carboxylic acids is 1. The first-order valence-electron chi connectivity index (χ1n) is 6.07. The van der Waals surface area contributed by atoms with Crippen LogP contribution < -0.4 is 4.74 Å². The summed E-state index contributed by atoms with van der Waals surface area (Å²) >= 11 is 0. The maximum Gasteiger partial charge on any atom is 0.319 e. The van der Waals surface area contributed by atoms with Gasteiger partial charge in [0.05, 0.1) is 5.41 Å². The molecule has 1 aromatic heterocycles. The number of rotatable bonds is 3. The van der Waals surface area contributed by atoms with Crippen LogP contribution in [0.5, 0.6) is 5.88 Å². The van der Waals surface area contributed by atoms with Crippen molar-refractivity contribution >= 4 is 5.97 Å². The number of hydrogen-bond acceptors (Lipinski definition) is 3. The lowest BCUT2D eigenvalue weighted by atomic mass is 9.90. The highest BCUT2D eigenvalue weighted by atomic mass is 16.5. The SMILES string of the molecule is CCC#CCC(C)(C)C(=O)Oc1cccc(C)n1. The van der Waals surface area contributed by atoms with E-state index in [0.717, 1.165) is 12.1 Å². The zero-order valence-corrected chi connectivity index (χ0v) is 11.4. The Hall–Kier alpha value is -1.82. The molecule has 0 aliphatic rings. The van der Waals surface area contributed by atoms with Crippen LogP contribution in [0, 0.1) is 24.2 Å². The summed E-state index contributed by atoms with van der Waals surface area (Å²) in [5.41, 5.74) is 0.206. The average molecular weight is 245 g/mol. The Morgan fingerprint density at radius 1 is 1.39 bits per heavy atom. The summed E-state index contributed by atoms with van der Waals surface area (Å²) in [6.07, 6.45) is 1.29. The van der Waals surface area contributed by atoms with E-state index < -0.39 is 5.41 Å². The molecular weight excluding hydrogens is 226 g/mol. The maximum atomic E-state index is 12.0. The standard InChI is InChI=1S/C15H19NO2/c1-5-6-7-11-15(3,4)14(17)18-13-10-8-9-12(2)16-13/h8-10H,5,11H2,1-4H3. The van der Waals surface area contributed by atoms with Crippen LogP contribution >= 0.6 is 0 Å². The van der Waals surface area contributed by atoms with Crippen molar-refractivity contribution in [2.75, 3.05) is 0 Å². The molecule has 18 heavy (non-hydrogen) atoms. The van der Waals surface area contributed by atoms with Crippen LogP contribution in [0.15, 0.2) is 18.2 Å². The van der Waals surface area contributed by atoms with Crippen molar-refractivity contribution in [3.8, 4) is 17.7 Å². The Labute approximate surface area is 109 Å². The van der Waals surface area contributed by atoms with Crippen molar-refractivity contribution in [2.24, 2.45) is 5.41 Å². The van der Waals surface area contributed by atoms with Gasteiger partial charge in [-0.05, 0) is 26.8 Å². The Kier molecular flexibility index (Phi) is 4.91. The lowest BCUT2D eigenvalue weighted by Crippen LogP contribution is -2.28. The minimum Gasteiger partial charge on any atom is -0.407 e. The van der Waals surface area contributed by atoms with Gasteiger partial charge in [0.2, 0.25) is 5.88 Å². The number of esters is 1. The highest BCUT2D eigenvalue weighted by molar-refractivity contribution is 5.78. The van der Waals surface area contributed by atoms with Crippen molar-refractivity contribution in [1.29, 1.82) is 0 Å². The smallest absolute Gasteiger partial charge is 0.319 e. The van der Waals surface area contributed by atoms with Gasteiger partial charge in [0.25, 0.3) is 0 Å². The Morgan fingerprint density at radius 3 is 2.72 bits per heavy atom. The van der Waals surface area contributed by atoms with Gasteiger partial charge in [-0.15, -0.1) is 11.8 Å². The van der Waals surface area contributed by atoms with Crippen molar-refractivity contribution in [3.63, 3.8) is 0 Å². The van der Waals surface area contributed by atoms with E-state index in [1.54, 1.807) is 6.07 Å². The lowest BCUT2D eigenvalue weighted by molar-refractivity contribution is -0.143. The topological polar surface area (TPSA) is 39.2 Å². The molecule has 0 N–H and O–H groups in total. The Bertz CT molecular complexity index is 481. The number of ether oxygens (including phenoxy) is 1. The molecule has 1 rings (SSSR count). The van der Waals surface area contributed by atoms with Gasteiger partial charge in [0.15, 0.2) is 0 Å². The molecule has 0 atom stereocenters. The van der Waals surface area contributed by atoms with Gasteiger partial charge in [0, 0.05) is 24.6 Å². The van der Waals surface area contributed by atoms with Crippen LogP contribution in [-0.2, 0) is 4.79 Å². The molecule has 1 heterocycles. The summed E-state index contributed by atoms with van der Waals surface area (Å²) in [4.78, 5) is 16.2. The predicted molar refractivity (Wildman–Crippen MR) is 71.1 cm³/mol. The molecule has 0 amide bonds. The number of carbonyl (C=O) groups is 1. The third-order valence-electron chi connectivity index (χ3n) is 2.44. The molecule has 0 unspecified atom stereocenters. The van der Waals surface area contributed by atoms with E-state index in [9.17, 15) is 4.79 Å². The summed E-state index contributed by atoms with van der Waals surface area (Å²) < 4.78 is 5.27. The molecule has 0 aliphatic carbocycles. The average Bonchev–Trinajstić information content (AvgIpc) is 2.29. The number of nitrogens with zero attached hydrogens (tertiary/aromatic N) is 1. The van der Waals surface area contributed by atoms with E-state index in [0.29, 0.717) is 12.3 Å². The second-order valence-electron chi connectivity index (χ2n) is 4.77. The van der Waals surface area contributed by atoms with Gasteiger partial charge in [-0.3, -0.25) is 4.79 Å². The Balaban J connectivity index is 2.69. The monoisotopic (exact) mass is 245 g/mol. The number of hydrogen-bond donors (Lipinski definition) is 0. The molecule has 0 aromatic carbocycles.